The standard InChI is InChI=1S/C25H31NO6/c1-14(2)18-9-15-10-21(31-8-6-7-30-5)23-16(12-25(3,4)32-23)22(15)19-11-20(27)17(24(28)29)13-26(18)19/h10-11,13-14,18H,6-9,12H2,1-5H3,(H,28,29). The van der Waals surface area contributed by atoms with Crippen molar-refractivity contribution in [2.24, 2.45) is 5.92 Å². The zero-order valence-electron chi connectivity index (χ0n) is 19.4. The van der Waals surface area contributed by atoms with Crippen molar-refractivity contribution < 1.29 is 24.1 Å². The number of carboxylic acid groups (broad SMARTS) is 1. The SMILES string of the molecule is COCCCOc1cc2c(c3c1OC(C)(C)C3)-c1cc(=O)c(C(=O)O)cn1C(C(C)C)C2. The van der Waals surface area contributed by atoms with E-state index in [2.05, 4.69) is 13.8 Å². The summed E-state index contributed by atoms with van der Waals surface area (Å²) in [5, 5.41) is 9.51. The number of benzene rings is 1. The molecule has 2 aliphatic rings. The van der Waals surface area contributed by atoms with Crippen LogP contribution in [0.5, 0.6) is 11.5 Å². The number of ether oxygens (including phenoxy) is 3. The van der Waals surface area contributed by atoms with Crippen LogP contribution in [0.3, 0.4) is 0 Å². The fourth-order valence-electron chi connectivity index (χ4n) is 4.81. The van der Waals surface area contributed by atoms with Crippen LogP contribution in [-0.2, 0) is 17.6 Å². The molecule has 0 saturated heterocycles. The maximum Gasteiger partial charge on any atom is 0.341 e. The Morgan fingerprint density at radius 2 is 2.06 bits per heavy atom. The first kappa shape index (κ1) is 22.4. The third-order valence-electron chi connectivity index (χ3n) is 6.28. The zero-order chi connectivity index (χ0) is 23.2. The van der Waals surface area contributed by atoms with E-state index in [0.717, 1.165) is 46.7 Å². The van der Waals surface area contributed by atoms with Gasteiger partial charge in [0.15, 0.2) is 16.9 Å². The number of pyridine rings is 1. The van der Waals surface area contributed by atoms with Crippen LogP contribution in [0.15, 0.2) is 23.1 Å². The Kier molecular flexibility index (Phi) is 5.79. The van der Waals surface area contributed by atoms with E-state index in [1.165, 1.54) is 12.3 Å². The van der Waals surface area contributed by atoms with E-state index in [-0.39, 0.29) is 17.5 Å². The highest BCUT2D eigenvalue weighted by Gasteiger charge is 2.39. The minimum absolute atomic E-state index is 0.0333. The minimum atomic E-state index is -1.20. The van der Waals surface area contributed by atoms with Gasteiger partial charge in [0.2, 0.25) is 0 Å². The lowest BCUT2D eigenvalue weighted by molar-refractivity contribution is 0.0694. The average Bonchev–Trinajstić information content (AvgIpc) is 3.04. The second kappa shape index (κ2) is 8.28. The summed E-state index contributed by atoms with van der Waals surface area (Å²) >= 11 is 0. The van der Waals surface area contributed by atoms with Crippen LogP contribution in [0.4, 0.5) is 0 Å². The molecule has 2 aromatic rings. The second-order valence-corrected chi connectivity index (χ2v) is 9.61. The molecule has 7 nitrogen and oxygen atoms in total. The van der Waals surface area contributed by atoms with E-state index >= 15 is 0 Å². The molecule has 1 aromatic carbocycles. The lowest BCUT2D eigenvalue weighted by atomic mass is 9.83. The lowest BCUT2D eigenvalue weighted by Gasteiger charge is -2.34. The van der Waals surface area contributed by atoms with E-state index in [4.69, 9.17) is 14.2 Å². The highest BCUT2D eigenvalue weighted by atomic mass is 16.5. The molecule has 172 valence electrons. The van der Waals surface area contributed by atoms with E-state index in [0.29, 0.717) is 19.6 Å². The van der Waals surface area contributed by atoms with Gasteiger partial charge in [-0.15, -0.1) is 0 Å². The Morgan fingerprint density at radius 3 is 2.72 bits per heavy atom. The van der Waals surface area contributed by atoms with Crippen molar-refractivity contribution >= 4 is 5.97 Å². The number of aromatic nitrogens is 1. The largest absolute Gasteiger partial charge is 0.490 e. The maximum absolute atomic E-state index is 12.7. The number of aromatic carboxylic acids is 1. The molecule has 4 rings (SSSR count). The molecule has 0 saturated carbocycles. The Hall–Kier alpha value is -2.80. The summed E-state index contributed by atoms with van der Waals surface area (Å²) < 4.78 is 19.5. The molecule has 0 fully saturated rings. The highest BCUT2D eigenvalue weighted by molar-refractivity contribution is 5.88. The third kappa shape index (κ3) is 3.90. The van der Waals surface area contributed by atoms with Gasteiger partial charge in [0.1, 0.15) is 11.2 Å². The molecule has 1 N–H and O–H groups in total. The van der Waals surface area contributed by atoms with Gasteiger partial charge in [0, 0.05) is 56.0 Å². The minimum Gasteiger partial charge on any atom is -0.490 e. The Bertz CT molecular complexity index is 1110. The van der Waals surface area contributed by atoms with Crippen molar-refractivity contribution in [3.8, 4) is 22.8 Å². The topological polar surface area (TPSA) is 87.0 Å². The van der Waals surface area contributed by atoms with Crippen molar-refractivity contribution in [3.63, 3.8) is 0 Å². The summed E-state index contributed by atoms with van der Waals surface area (Å²) in [6, 6.07) is 3.55. The predicted molar refractivity (Wildman–Crippen MR) is 121 cm³/mol. The fraction of sp³-hybridized carbons (Fsp3) is 0.520. The second-order valence-electron chi connectivity index (χ2n) is 9.61. The first-order valence-electron chi connectivity index (χ1n) is 11.1. The number of carbonyl (C=O) groups is 1. The summed E-state index contributed by atoms with van der Waals surface area (Å²) in [5.41, 5.74) is 2.77. The van der Waals surface area contributed by atoms with Gasteiger partial charge in [-0.25, -0.2) is 4.79 Å². The summed E-state index contributed by atoms with van der Waals surface area (Å²) in [6.45, 7) is 9.44. The normalized spacial score (nSPS) is 18.0. The molecule has 7 heteroatoms. The van der Waals surface area contributed by atoms with Crippen molar-refractivity contribution in [1.82, 2.24) is 4.57 Å². The van der Waals surface area contributed by atoms with Gasteiger partial charge < -0.3 is 23.9 Å². The Balaban J connectivity index is 1.90. The van der Waals surface area contributed by atoms with Crippen LogP contribution in [0.25, 0.3) is 11.3 Å². The van der Waals surface area contributed by atoms with Crippen LogP contribution in [0, 0.1) is 5.92 Å². The van der Waals surface area contributed by atoms with E-state index in [1.807, 2.05) is 24.5 Å². The molecule has 3 heterocycles. The zero-order valence-corrected chi connectivity index (χ0v) is 19.4. The number of methoxy groups -OCH3 is 1. The third-order valence-corrected chi connectivity index (χ3v) is 6.28. The van der Waals surface area contributed by atoms with Gasteiger partial charge in [-0.3, -0.25) is 4.79 Å². The van der Waals surface area contributed by atoms with E-state index < -0.39 is 17.0 Å². The van der Waals surface area contributed by atoms with Crippen molar-refractivity contribution in [2.75, 3.05) is 20.3 Å². The first-order valence-corrected chi connectivity index (χ1v) is 11.1. The molecule has 2 aliphatic heterocycles. The summed E-state index contributed by atoms with van der Waals surface area (Å²) in [6.07, 6.45) is 3.69. The van der Waals surface area contributed by atoms with Crippen molar-refractivity contribution in [2.45, 2.75) is 58.6 Å². The van der Waals surface area contributed by atoms with Crippen LogP contribution in [-0.4, -0.2) is 41.6 Å². The quantitative estimate of drug-likeness (QED) is 0.651. The summed E-state index contributed by atoms with van der Waals surface area (Å²) in [5.74, 6) is 0.488. The Morgan fingerprint density at radius 1 is 1.31 bits per heavy atom. The van der Waals surface area contributed by atoms with Crippen LogP contribution >= 0.6 is 0 Å². The number of hydrogen-bond donors (Lipinski definition) is 1. The van der Waals surface area contributed by atoms with Crippen LogP contribution < -0.4 is 14.9 Å². The molecule has 1 unspecified atom stereocenters. The molecule has 1 atom stereocenters. The Labute approximate surface area is 187 Å². The van der Waals surface area contributed by atoms with Crippen molar-refractivity contribution in [3.05, 3.63) is 45.2 Å². The summed E-state index contributed by atoms with van der Waals surface area (Å²) in [7, 11) is 1.67. The highest BCUT2D eigenvalue weighted by Crippen LogP contribution is 2.51. The van der Waals surface area contributed by atoms with Crippen LogP contribution in [0.2, 0.25) is 0 Å². The first-order chi connectivity index (χ1) is 15.1. The predicted octanol–water partition coefficient (Wildman–Crippen LogP) is 4.10. The molecule has 0 spiro atoms. The van der Waals surface area contributed by atoms with Crippen LogP contribution in [0.1, 0.15) is 61.6 Å². The average molecular weight is 442 g/mol. The molecule has 32 heavy (non-hydrogen) atoms. The van der Waals surface area contributed by atoms with E-state index in [9.17, 15) is 14.7 Å². The molecule has 0 amide bonds. The smallest absolute Gasteiger partial charge is 0.341 e. The monoisotopic (exact) mass is 441 g/mol. The van der Waals surface area contributed by atoms with Gasteiger partial charge in [-0.05, 0) is 37.8 Å². The van der Waals surface area contributed by atoms with Crippen molar-refractivity contribution in [1.29, 1.82) is 0 Å². The number of fused-ring (bicyclic) bond motifs is 5. The molecule has 0 radical (unpaired) electrons. The number of hydrogen-bond acceptors (Lipinski definition) is 5. The fourth-order valence-corrected chi connectivity index (χ4v) is 4.81. The lowest BCUT2D eigenvalue weighted by Crippen LogP contribution is -2.29. The van der Waals surface area contributed by atoms with E-state index in [1.54, 1.807) is 7.11 Å². The van der Waals surface area contributed by atoms with Gasteiger partial charge in [0.05, 0.1) is 12.3 Å². The van der Waals surface area contributed by atoms with Gasteiger partial charge in [0.25, 0.3) is 0 Å². The number of carboxylic acids is 1. The van der Waals surface area contributed by atoms with Gasteiger partial charge >= 0.3 is 5.97 Å². The molecule has 1 aromatic heterocycles. The van der Waals surface area contributed by atoms with Gasteiger partial charge in [-0.1, -0.05) is 13.8 Å². The molecular formula is C25H31NO6. The number of rotatable bonds is 7. The summed E-state index contributed by atoms with van der Waals surface area (Å²) in [4.78, 5) is 24.3. The molecular weight excluding hydrogens is 410 g/mol. The van der Waals surface area contributed by atoms with Gasteiger partial charge in [-0.2, -0.15) is 0 Å². The molecule has 0 aliphatic carbocycles. The number of nitrogens with zero attached hydrogens (tertiary/aromatic N) is 1. The maximum atomic E-state index is 12.7. The molecule has 0 bridgehead atoms.